The zero-order valence-corrected chi connectivity index (χ0v) is 13.1. The van der Waals surface area contributed by atoms with E-state index in [1.54, 1.807) is 0 Å². The molecule has 3 N–H and O–H groups in total. The average Bonchev–Trinajstić information content (AvgIpc) is 3.03. The van der Waals surface area contributed by atoms with Crippen molar-refractivity contribution < 1.29 is 0 Å². The highest BCUT2D eigenvalue weighted by Gasteiger charge is 2.32. The van der Waals surface area contributed by atoms with Crippen molar-refractivity contribution in [2.75, 3.05) is 23.3 Å². The van der Waals surface area contributed by atoms with Gasteiger partial charge in [0.05, 0.1) is 0 Å². The third kappa shape index (κ3) is 2.66. The van der Waals surface area contributed by atoms with Gasteiger partial charge in [-0.25, -0.2) is 4.98 Å². The number of piperazine rings is 1. The van der Waals surface area contributed by atoms with Gasteiger partial charge in [-0.1, -0.05) is 0 Å². The molecule has 2 aliphatic rings. The number of H-pyrrole nitrogens is 1. The van der Waals surface area contributed by atoms with Crippen molar-refractivity contribution in [2.24, 2.45) is 0 Å². The molecule has 0 saturated carbocycles. The lowest BCUT2D eigenvalue weighted by Crippen LogP contribution is -2.51. The molecular weight excluding hydrogens is 276 g/mol. The van der Waals surface area contributed by atoms with Gasteiger partial charge < -0.3 is 15.5 Å². The summed E-state index contributed by atoms with van der Waals surface area (Å²) in [5.74, 6) is 2.72. The second kappa shape index (κ2) is 5.28. The summed E-state index contributed by atoms with van der Waals surface area (Å²) < 4.78 is 0. The average molecular weight is 298 g/mol. The maximum Gasteiger partial charge on any atom is 0.153 e. The largest absolute Gasteiger partial charge is 0.353 e. The standard InChI is InChI=1S/C16H22N6/c1-10-5-14(18-15-7-11(2)20-21-15)19-16(6-10)22-8-12-3-4-13(9-22)17-12/h5-7,12-13,17H,3-4,8-9H2,1-2H3,(H2,18,19,20,21). The van der Waals surface area contributed by atoms with Gasteiger partial charge in [0.15, 0.2) is 5.82 Å². The molecule has 116 valence electrons. The van der Waals surface area contributed by atoms with Gasteiger partial charge in [0.2, 0.25) is 0 Å². The van der Waals surface area contributed by atoms with Crippen LogP contribution in [-0.4, -0.2) is 40.4 Å². The van der Waals surface area contributed by atoms with Crippen LogP contribution in [0, 0.1) is 13.8 Å². The molecule has 2 aliphatic heterocycles. The smallest absolute Gasteiger partial charge is 0.153 e. The van der Waals surface area contributed by atoms with Gasteiger partial charge in [-0.15, -0.1) is 0 Å². The third-order valence-corrected chi connectivity index (χ3v) is 4.46. The van der Waals surface area contributed by atoms with E-state index in [2.05, 4.69) is 44.8 Å². The lowest BCUT2D eigenvalue weighted by atomic mass is 10.2. The predicted octanol–water partition coefficient (Wildman–Crippen LogP) is 2.11. The highest BCUT2D eigenvalue weighted by atomic mass is 15.3. The van der Waals surface area contributed by atoms with E-state index in [0.29, 0.717) is 12.1 Å². The summed E-state index contributed by atoms with van der Waals surface area (Å²) in [6.45, 7) is 6.20. The van der Waals surface area contributed by atoms with Crippen LogP contribution in [0.5, 0.6) is 0 Å². The van der Waals surface area contributed by atoms with Crippen molar-refractivity contribution >= 4 is 17.5 Å². The molecule has 2 saturated heterocycles. The van der Waals surface area contributed by atoms with E-state index in [-0.39, 0.29) is 0 Å². The number of hydrogen-bond donors (Lipinski definition) is 3. The molecule has 6 heteroatoms. The molecule has 2 unspecified atom stereocenters. The lowest BCUT2D eigenvalue weighted by molar-refractivity contribution is 0.463. The van der Waals surface area contributed by atoms with Crippen LogP contribution in [0.4, 0.5) is 17.5 Å². The molecule has 6 nitrogen and oxygen atoms in total. The van der Waals surface area contributed by atoms with Gasteiger partial charge in [-0.3, -0.25) is 5.10 Å². The minimum atomic E-state index is 0.617. The first kappa shape index (κ1) is 13.6. The fourth-order valence-electron chi connectivity index (χ4n) is 3.47. The van der Waals surface area contributed by atoms with Crippen molar-refractivity contribution in [3.05, 3.63) is 29.5 Å². The summed E-state index contributed by atoms with van der Waals surface area (Å²) in [5.41, 5.74) is 2.25. The topological polar surface area (TPSA) is 68.9 Å². The maximum absolute atomic E-state index is 4.79. The van der Waals surface area contributed by atoms with Gasteiger partial charge in [0.1, 0.15) is 11.6 Å². The number of aromatic nitrogens is 3. The number of aryl methyl sites for hydroxylation is 2. The molecular formula is C16H22N6. The monoisotopic (exact) mass is 298 g/mol. The maximum atomic E-state index is 4.79. The lowest BCUT2D eigenvalue weighted by Gasteiger charge is -2.34. The predicted molar refractivity (Wildman–Crippen MR) is 87.7 cm³/mol. The van der Waals surface area contributed by atoms with Gasteiger partial charge in [-0.2, -0.15) is 5.10 Å². The van der Waals surface area contributed by atoms with Crippen LogP contribution in [0.3, 0.4) is 0 Å². The molecule has 4 heterocycles. The number of aromatic amines is 1. The summed E-state index contributed by atoms with van der Waals surface area (Å²) in [4.78, 5) is 7.20. The molecule has 0 spiro atoms. The zero-order chi connectivity index (χ0) is 15.1. The Kier molecular flexibility index (Phi) is 3.26. The highest BCUT2D eigenvalue weighted by molar-refractivity contribution is 5.57. The number of nitrogens with one attached hydrogen (secondary N) is 3. The SMILES string of the molecule is Cc1cc(Nc2cc(C)[nH]n2)nc(N2CC3CCC(C2)N3)c1. The Morgan fingerprint density at radius 2 is 1.86 bits per heavy atom. The van der Waals surface area contributed by atoms with E-state index in [0.717, 1.165) is 36.2 Å². The van der Waals surface area contributed by atoms with Crippen LogP contribution in [0.2, 0.25) is 0 Å². The van der Waals surface area contributed by atoms with Gasteiger partial charge in [0.25, 0.3) is 0 Å². The minimum Gasteiger partial charge on any atom is -0.353 e. The fraction of sp³-hybridized carbons (Fsp3) is 0.500. The van der Waals surface area contributed by atoms with Crippen LogP contribution in [0.25, 0.3) is 0 Å². The van der Waals surface area contributed by atoms with Crippen molar-refractivity contribution in [1.82, 2.24) is 20.5 Å². The Morgan fingerprint density at radius 3 is 2.55 bits per heavy atom. The molecule has 2 atom stereocenters. The van der Waals surface area contributed by atoms with Crippen molar-refractivity contribution in [1.29, 1.82) is 0 Å². The van der Waals surface area contributed by atoms with Gasteiger partial charge in [0, 0.05) is 36.9 Å². The van der Waals surface area contributed by atoms with Gasteiger partial charge in [-0.05, 0) is 44.4 Å². The Labute approximate surface area is 130 Å². The summed E-state index contributed by atoms with van der Waals surface area (Å²) in [6, 6.07) is 7.45. The Bertz CT molecular complexity index is 667. The zero-order valence-electron chi connectivity index (χ0n) is 13.1. The van der Waals surface area contributed by atoms with E-state index in [1.165, 1.54) is 18.4 Å². The van der Waals surface area contributed by atoms with Crippen molar-refractivity contribution in [3.8, 4) is 0 Å². The first-order chi connectivity index (χ1) is 10.7. The molecule has 0 aromatic carbocycles. The number of hydrogen-bond acceptors (Lipinski definition) is 5. The van der Waals surface area contributed by atoms with Crippen molar-refractivity contribution in [3.63, 3.8) is 0 Å². The van der Waals surface area contributed by atoms with E-state index >= 15 is 0 Å². The molecule has 0 aliphatic carbocycles. The van der Waals surface area contributed by atoms with E-state index < -0.39 is 0 Å². The van der Waals surface area contributed by atoms with Crippen LogP contribution < -0.4 is 15.5 Å². The van der Waals surface area contributed by atoms with Crippen molar-refractivity contribution in [2.45, 2.75) is 38.8 Å². The molecule has 2 bridgehead atoms. The number of nitrogens with zero attached hydrogens (tertiary/aromatic N) is 3. The van der Waals surface area contributed by atoms with Crippen LogP contribution in [-0.2, 0) is 0 Å². The Hall–Kier alpha value is -2.08. The highest BCUT2D eigenvalue weighted by Crippen LogP contribution is 2.26. The molecule has 2 aromatic rings. The first-order valence-corrected chi connectivity index (χ1v) is 7.94. The summed E-state index contributed by atoms with van der Waals surface area (Å²) in [6.07, 6.45) is 2.56. The quantitative estimate of drug-likeness (QED) is 0.809. The summed E-state index contributed by atoms with van der Waals surface area (Å²) in [7, 11) is 0. The van der Waals surface area contributed by atoms with E-state index in [9.17, 15) is 0 Å². The normalized spacial score (nSPS) is 23.8. The second-order valence-electron chi connectivity index (χ2n) is 6.49. The molecule has 4 rings (SSSR count). The van der Waals surface area contributed by atoms with Crippen LogP contribution in [0.1, 0.15) is 24.1 Å². The Balaban J connectivity index is 1.57. The number of rotatable bonds is 3. The number of fused-ring (bicyclic) bond motifs is 2. The number of pyridine rings is 1. The fourth-order valence-corrected chi connectivity index (χ4v) is 3.47. The molecule has 0 radical (unpaired) electrons. The molecule has 0 amide bonds. The second-order valence-corrected chi connectivity index (χ2v) is 6.49. The van der Waals surface area contributed by atoms with Crippen LogP contribution in [0.15, 0.2) is 18.2 Å². The third-order valence-electron chi connectivity index (χ3n) is 4.46. The molecule has 2 aromatic heterocycles. The van der Waals surface area contributed by atoms with Crippen LogP contribution >= 0.6 is 0 Å². The minimum absolute atomic E-state index is 0.617. The summed E-state index contributed by atoms with van der Waals surface area (Å²) >= 11 is 0. The van der Waals surface area contributed by atoms with Gasteiger partial charge >= 0.3 is 0 Å². The van der Waals surface area contributed by atoms with E-state index in [4.69, 9.17) is 4.98 Å². The first-order valence-electron chi connectivity index (χ1n) is 7.94. The molecule has 22 heavy (non-hydrogen) atoms. The Morgan fingerprint density at radius 1 is 1.09 bits per heavy atom. The van der Waals surface area contributed by atoms with E-state index in [1.807, 2.05) is 13.0 Å². The summed E-state index contributed by atoms with van der Waals surface area (Å²) in [5, 5.41) is 14.1. The molecule has 2 fully saturated rings. The number of anilines is 3.